The van der Waals surface area contributed by atoms with Gasteiger partial charge in [-0.1, -0.05) is 29.8 Å². The smallest absolute Gasteiger partial charge is 0.312 e. The molecule has 0 spiro atoms. The predicted octanol–water partition coefficient (Wildman–Crippen LogP) is 1.84. The summed E-state index contributed by atoms with van der Waals surface area (Å²) in [5.41, 5.74) is 0.679. The summed E-state index contributed by atoms with van der Waals surface area (Å²) in [4.78, 5) is 13.5. The quantitative estimate of drug-likeness (QED) is 0.906. The van der Waals surface area contributed by atoms with Gasteiger partial charge < -0.3 is 9.84 Å². The lowest BCUT2D eigenvalue weighted by Gasteiger charge is -2.29. The maximum atomic E-state index is 11.4. The van der Waals surface area contributed by atoms with Crippen molar-refractivity contribution in [3.63, 3.8) is 0 Å². The van der Waals surface area contributed by atoms with Gasteiger partial charge in [-0.3, -0.25) is 9.69 Å². The Labute approximate surface area is 111 Å². The number of hydrogen-bond donors (Lipinski definition) is 1. The Balaban J connectivity index is 2.13. The highest BCUT2D eigenvalue weighted by molar-refractivity contribution is 6.31. The van der Waals surface area contributed by atoms with Crippen LogP contribution in [0.1, 0.15) is 11.5 Å². The van der Waals surface area contributed by atoms with Crippen LogP contribution in [0.15, 0.2) is 24.3 Å². The van der Waals surface area contributed by atoms with Gasteiger partial charge in [-0.25, -0.2) is 0 Å². The van der Waals surface area contributed by atoms with Crippen molar-refractivity contribution in [1.82, 2.24) is 4.90 Å². The molecule has 0 radical (unpaired) electrons. The molecule has 1 fully saturated rings. The Morgan fingerprint density at radius 1 is 1.39 bits per heavy atom. The van der Waals surface area contributed by atoms with Crippen LogP contribution in [0.25, 0.3) is 0 Å². The van der Waals surface area contributed by atoms with E-state index in [1.165, 1.54) is 0 Å². The van der Waals surface area contributed by atoms with Gasteiger partial charge in [0.05, 0.1) is 19.1 Å². The van der Waals surface area contributed by atoms with Crippen molar-refractivity contribution in [2.75, 3.05) is 32.8 Å². The molecule has 1 atom stereocenters. The molecule has 2 rings (SSSR count). The Hall–Kier alpha value is -1.10. The third-order valence-corrected chi connectivity index (χ3v) is 3.47. The maximum absolute atomic E-state index is 11.4. The third kappa shape index (κ3) is 3.22. The molecule has 4 nitrogen and oxygen atoms in total. The zero-order valence-corrected chi connectivity index (χ0v) is 10.8. The molecule has 1 heterocycles. The summed E-state index contributed by atoms with van der Waals surface area (Å²) in [6.45, 7) is 3.34. The number of hydrogen-bond acceptors (Lipinski definition) is 3. The first kappa shape index (κ1) is 13.3. The van der Waals surface area contributed by atoms with E-state index in [1.807, 2.05) is 6.07 Å². The number of aliphatic carboxylic acids is 1. The van der Waals surface area contributed by atoms with Gasteiger partial charge in [0.2, 0.25) is 0 Å². The number of halogens is 1. The summed E-state index contributed by atoms with van der Waals surface area (Å²) in [6, 6.07) is 7.13. The van der Waals surface area contributed by atoms with Gasteiger partial charge in [0.1, 0.15) is 0 Å². The standard InChI is InChI=1S/C13H16ClNO3/c14-12-4-2-1-3-10(12)11(13(16)17)9-15-5-7-18-8-6-15/h1-4,11H,5-9H2,(H,16,17). The van der Waals surface area contributed by atoms with E-state index in [9.17, 15) is 9.90 Å². The molecule has 0 aliphatic carbocycles. The Bertz CT molecular complexity index is 418. The fraction of sp³-hybridized carbons (Fsp3) is 0.462. The molecular formula is C13H16ClNO3. The van der Waals surface area contributed by atoms with Crippen LogP contribution in [0.3, 0.4) is 0 Å². The van der Waals surface area contributed by atoms with Crippen molar-refractivity contribution >= 4 is 17.6 Å². The highest BCUT2D eigenvalue weighted by Crippen LogP contribution is 2.25. The zero-order valence-electron chi connectivity index (χ0n) is 10.0. The van der Waals surface area contributed by atoms with Gasteiger partial charge in [0.15, 0.2) is 0 Å². The summed E-state index contributed by atoms with van der Waals surface area (Å²) in [6.07, 6.45) is 0. The average Bonchev–Trinajstić information content (AvgIpc) is 2.38. The van der Waals surface area contributed by atoms with Crippen molar-refractivity contribution in [2.24, 2.45) is 0 Å². The molecule has 0 amide bonds. The Morgan fingerprint density at radius 2 is 2.06 bits per heavy atom. The number of carboxylic acid groups (broad SMARTS) is 1. The van der Waals surface area contributed by atoms with E-state index in [0.29, 0.717) is 30.3 Å². The van der Waals surface area contributed by atoms with Crippen LogP contribution < -0.4 is 0 Å². The molecule has 1 aliphatic rings. The maximum Gasteiger partial charge on any atom is 0.312 e. The lowest BCUT2D eigenvalue weighted by molar-refractivity contribution is -0.139. The molecule has 1 aromatic carbocycles. The van der Waals surface area contributed by atoms with Gasteiger partial charge >= 0.3 is 5.97 Å². The van der Waals surface area contributed by atoms with Crippen LogP contribution in [0.2, 0.25) is 5.02 Å². The van der Waals surface area contributed by atoms with E-state index >= 15 is 0 Å². The normalized spacial score (nSPS) is 18.5. The molecule has 0 aromatic heterocycles. The molecule has 18 heavy (non-hydrogen) atoms. The lowest BCUT2D eigenvalue weighted by atomic mass is 9.98. The first-order chi connectivity index (χ1) is 8.68. The fourth-order valence-corrected chi connectivity index (χ4v) is 2.38. The summed E-state index contributed by atoms with van der Waals surface area (Å²) in [7, 11) is 0. The summed E-state index contributed by atoms with van der Waals surface area (Å²) < 4.78 is 5.26. The number of nitrogens with zero attached hydrogens (tertiary/aromatic N) is 1. The summed E-state index contributed by atoms with van der Waals surface area (Å²) in [5.74, 6) is -1.42. The monoisotopic (exact) mass is 269 g/mol. The number of carboxylic acids is 1. The first-order valence-corrected chi connectivity index (χ1v) is 6.33. The molecular weight excluding hydrogens is 254 g/mol. The van der Waals surface area contributed by atoms with Crippen molar-refractivity contribution in [2.45, 2.75) is 5.92 Å². The first-order valence-electron chi connectivity index (χ1n) is 5.96. The summed E-state index contributed by atoms with van der Waals surface area (Å²) in [5, 5.41) is 9.88. The van der Waals surface area contributed by atoms with E-state index in [0.717, 1.165) is 13.1 Å². The topological polar surface area (TPSA) is 49.8 Å². The third-order valence-electron chi connectivity index (χ3n) is 3.12. The van der Waals surface area contributed by atoms with Gasteiger partial charge in [0.25, 0.3) is 0 Å². The highest BCUT2D eigenvalue weighted by atomic mass is 35.5. The molecule has 1 aromatic rings. The predicted molar refractivity (Wildman–Crippen MR) is 69.1 cm³/mol. The van der Waals surface area contributed by atoms with E-state index in [2.05, 4.69) is 4.90 Å². The van der Waals surface area contributed by atoms with Crippen LogP contribution in [0, 0.1) is 0 Å². The van der Waals surface area contributed by atoms with Crippen molar-refractivity contribution in [3.8, 4) is 0 Å². The van der Waals surface area contributed by atoms with Gasteiger partial charge in [-0.15, -0.1) is 0 Å². The van der Waals surface area contributed by atoms with Crippen LogP contribution in [0.4, 0.5) is 0 Å². The van der Waals surface area contributed by atoms with E-state index < -0.39 is 11.9 Å². The van der Waals surface area contributed by atoms with E-state index in [1.54, 1.807) is 18.2 Å². The zero-order chi connectivity index (χ0) is 13.0. The minimum Gasteiger partial charge on any atom is -0.481 e. The van der Waals surface area contributed by atoms with Crippen LogP contribution in [-0.4, -0.2) is 48.8 Å². The largest absolute Gasteiger partial charge is 0.481 e. The summed E-state index contributed by atoms with van der Waals surface area (Å²) >= 11 is 6.07. The second-order valence-electron chi connectivity index (χ2n) is 4.33. The number of ether oxygens (including phenoxy) is 1. The minimum absolute atomic E-state index is 0.475. The molecule has 1 N–H and O–H groups in total. The van der Waals surface area contributed by atoms with Crippen LogP contribution >= 0.6 is 11.6 Å². The Morgan fingerprint density at radius 3 is 2.67 bits per heavy atom. The van der Waals surface area contributed by atoms with Crippen LogP contribution in [0.5, 0.6) is 0 Å². The molecule has 1 saturated heterocycles. The highest BCUT2D eigenvalue weighted by Gasteiger charge is 2.25. The number of rotatable bonds is 4. The molecule has 1 aliphatic heterocycles. The second-order valence-corrected chi connectivity index (χ2v) is 4.73. The van der Waals surface area contributed by atoms with E-state index in [4.69, 9.17) is 16.3 Å². The van der Waals surface area contributed by atoms with Gasteiger partial charge in [-0.05, 0) is 11.6 Å². The van der Waals surface area contributed by atoms with Gasteiger partial charge in [0, 0.05) is 24.7 Å². The molecule has 0 bridgehead atoms. The van der Waals surface area contributed by atoms with Crippen molar-refractivity contribution in [3.05, 3.63) is 34.9 Å². The molecule has 0 saturated carbocycles. The lowest BCUT2D eigenvalue weighted by Crippen LogP contribution is -2.40. The van der Waals surface area contributed by atoms with Crippen LogP contribution in [-0.2, 0) is 9.53 Å². The fourth-order valence-electron chi connectivity index (χ4n) is 2.11. The number of benzene rings is 1. The molecule has 98 valence electrons. The SMILES string of the molecule is O=C(O)C(CN1CCOCC1)c1ccccc1Cl. The number of morpholine rings is 1. The van der Waals surface area contributed by atoms with E-state index in [-0.39, 0.29) is 0 Å². The minimum atomic E-state index is -0.838. The average molecular weight is 270 g/mol. The van der Waals surface area contributed by atoms with Gasteiger partial charge in [-0.2, -0.15) is 0 Å². The molecule has 5 heteroatoms. The Kier molecular flexibility index (Phi) is 4.58. The van der Waals surface area contributed by atoms with Crippen molar-refractivity contribution in [1.29, 1.82) is 0 Å². The number of carbonyl (C=O) groups is 1. The molecule has 1 unspecified atom stereocenters. The second kappa shape index (κ2) is 6.18. The van der Waals surface area contributed by atoms with Crippen molar-refractivity contribution < 1.29 is 14.6 Å².